The molecule has 0 aromatic carbocycles. The Morgan fingerprint density at radius 3 is 2.59 bits per heavy atom. The molecule has 1 aliphatic carbocycles. The van der Waals surface area contributed by atoms with E-state index in [4.69, 9.17) is 32.0 Å². The maximum absolute atomic E-state index is 6.28. The maximum atomic E-state index is 6.28. The van der Waals surface area contributed by atoms with Gasteiger partial charge in [0.25, 0.3) is 0 Å². The lowest BCUT2D eigenvalue weighted by molar-refractivity contribution is 0.0985. The Hall–Kier alpha value is -2.07. The number of rotatable bonds is 3. The van der Waals surface area contributed by atoms with Crippen molar-refractivity contribution in [2.45, 2.75) is 52.1 Å². The molecular weight excluding hydrogens is 470 g/mol. The maximum Gasteiger partial charge on any atom is 0.164 e. The van der Waals surface area contributed by atoms with Crippen LogP contribution in [0.25, 0.3) is 22.4 Å². The van der Waals surface area contributed by atoms with Crippen molar-refractivity contribution in [3.63, 3.8) is 0 Å². The molecule has 34 heavy (non-hydrogen) atoms. The van der Waals surface area contributed by atoms with Gasteiger partial charge in [-0.15, -0.1) is 0 Å². The highest BCUT2D eigenvalue weighted by Crippen LogP contribution is 2.34. The summed E-state index contributed by atoms with van der Waals surface area (Å²) >= 11 is 8.10. The highest BCUT2D eigenvalue weighted by Gasteiger charge is 2.25. The van der Waals surface area contributed by atoms with E-state index in [1.165, 1.54) is 12.8 Å². The normalized spacial score (nSPS) is 20.0. The van der Waals surface area contributed by atoms with Crippen molar-refractivity contribution in [1.29, 1.82) is 0 Å². The summed E-state index contributed by atoms with van der Waals surface area (Å²) < 4.78 is 7.87. The first-order valence-corrected chi connectivity index (χ1v) is 13.4. The number of nitrogens with zero attached hydrogens (tertiary/aromatic N) is 5. The van der Waals surface area contributed by atoms with E-state index >= 15 is 0 Å². The van der Waals surface area contributed by atoms with Crippen LogP contribution >= 0.6 is 23.5 Å². The molecule has 3 aromatic heterocycles. The highest BCUT2D eigenvalue weighted by atomic mass is 35.5. The van der Waals surface area contributed by atoms with Crippen molar-refractivity contribution in [3.8, 4) is 11.4 Å². The van der Waals surface area contributed by atoms with Crippen LogP contribution in [0.4, 0.5) is 11.6 Å². The van der Waals surface area contributed by atoms with Gasteiger partial charge in [-0.05, 0) is 50.3 Å². The van der Waals surface area contributed by atoms with Gasteiger partial charge in [0.2, 0.25) is 0 Å². The minimum Gasteiger partial charge on any atom is -0.377 e. The van der Waals surface area contributed by atoms with E-state index in [0.29, 0.717) is 30.2 Å². The van der Waals surface area contributed by atoms with Gasteiger partial charge in [0.1, 0.15) is 22.4 Å². The van der Waals surface area contributed by atoms with Gasteiger partial charge in [-0.25, -0.2) is 15.0 Å². The molecule has 2 aliphatic heterocycles. The van der Waals surface area contributed by atoms with Crippen molar-refractivity contribution in [2.24, 2.45) is 5.73 Å². The summed E-state index contributed by atoms with van der Waals surface area (Å²) in [4.78, 5) is 19.6. The number of hydrogen-bond donors (Lipinski definition) is 2. The Bertz CT molecular complexity index is 1080. The molecule has 0 amide bonds. The van der Waals surface area contributed by atoms with Crippen LogP contribution in [0.1, 0.15) is 40.0 Å². The summed E-state index contributed by atoms with van der Waals surface area (Å²) in [5, 5.41) is 1.40. The summed E-state index contributed by atoms with van der Waals surface area (Å²) in [5.41, 5.74) is 6.86. The SMILES string of the molecule is CC.CC1COCCN1c1cc(N2CCCS2)nc(-c2cc(Cl)nc3[nH]ccc23)n1.NC1CC1. The number of anilines is 2. The number of ether oxygens (including phenoxy) is 1. The Balaban J connectivity index is 0.000000407. The number of nitrogens with two attached hydrogens (primary N) is 1. The van der Waals surface area contributed by atoms with Crippen LogP contribution < -0.4 is 14.9 Å². The second kappa shape index (κ2) is 11.6. The number of halogens is 1. The number of nitrogens with one attached hydrogen (secondary N) is 1. The lowest BCUT2D eigenvalue weighted by atomic mass is 10.1. The van der Waals surface area contributed by atoms with Crippen LogP contribution in [0, 0.1) is 0 Å². The standard InChI is InChI=1S/C19H21ClN6OS.C3H7N.C2H6/c1-12-11-27-7-6-25(12)16-10-17(26-5-2-8-28-26)24-19(23-16)14-9-15(20)22-18-13(14)3-4-21-18;4-3-1-2-3;1-2/h3-4,9-10,12H,2,5-8,11H2,1H3,(H,21,22);3H,1-2,4H2;1-2H3. The fourth-order valence-corrected chi connectivity index (χ4v) is 4.96. The second-order valence-electron chi connectivity index (χ2n) is 8.38. The smallest absolute Gasteiger partial charge is 0.164 e. The number of aromatic amines is 1. The monoisotopic (exact) mass is 503 g/mol. The lowest BCUT2D eigenvalue weighted by Crippen LogP contribution is -2.44. The predicted molar refractivity (Wildman–Crippen MR) is 143 cm³/mol. The topological polar surface area (TPSA) is 96.2 Å². The number of pyridine rings is 1. The molecule has 3 fully saturated rings. The average Bonchev–Trinajstić information content (AvgIpc) is 3.29. The van der Waals surface area contributed by atoms with Crippen molar-refractivity contribution in [3.05, 3.63) is 29.5 Å². The molecular formula is C24H34ClN7OS. The average molecular weight is 504 g/mol. The van der Waals surface area contributed by atoms with Crippen molar-refractivity contribution < 1.29 is 4.74 Å². The molecule has 3 N–H and O–H groups in total. The Labute approximate surface area is 210 Å². The largest absolute Gasteiger partial charge is 0.377 e. The third-order valence-electron chi connectivity index (χ3n) is 5.73. The highest BCUT2D eigenvalue weighted by molar-refractivity contribution is 8.00. The van der Waals surface area contributed by atoms with E-state index in [-0.39, 0.29) is 6.04 Å². The van der Waals surface area contributed by atoms with Crippen molar-refractivity contribution >= 4 is 46.2 Å². The van der Waals surface area contributed by atoms with Gasteiger partial charge in [-0.2, -0.15) is 0 Å². The predicted octanol–water partition coefficient (Wildman–Crippen LogP) is 4.89. The van der Waals surface area contributed by atoms with Gasteiger partial charge in [0.05, 0.1) is 19.3 Å². The zero-order valence-electron chi connectivity index (χ0n) is 20.1. The molecule has 0 radical (unpaired) electrons. The Morgan fingerprint density at radius 1 is 1.15 bits per heavy atom. The van der Waals surface area contributed by atoms with E-state index in [1.54, 1.807) is 0 Å². The van der Waals surface area contributed by atoms with E-state index < -0.39 is 0 Å². The molecule has 2 saturated heterocycles. The fourth-order valence-electron chi connectivity index (χ4n) is 3.80. The van der Waals surface area contributed by atoms with Gasteiger partial charge in [0, 0.05) is 48.1 Å². The molecule has 6 rings (SSSR count). The van der Waals surface area contributed by atoms with E-state index in [9.17, 15) is 0 Å². The number of fused-ring (bicyclic) bond motifs is 1. The molecule has 1 unspecified atom stereocenters. The van der Waals surface area contributed by atoms with Crippen LogP contribution in [0.15, 0.2) is 24.4 Å². The van der Waals surface area contributed by atoms with Gasteiger partial charge in [0.15, 0.2) is 5.82 Å². The number of morpholine rings is 1. The molecule has 3 aromatic rings. The summed E-state index contributed by atoms with van der Waals surface area (Å²) in [6, 6.07) is 6.79. The van der Waals surface area contributed by atoms with Gasteiger partial charge in [-0.3, -0.25) is 0 Å². The fraction of sp³-hybridized carbons (Fsp3) is 0.542. The number of aromatic nitrogens is 4. The Kier molecular flexibility index (Phi) is 8.52. The molecule has 3 aliphatic rings. The van der Waals surface area contributed by atoms with Gasteiger partial charge < -0.3 is 24.7 Å². The van der Waals surface area contributed by atoms with Crippen molar-refractivity contribution in [1.82, 2.24) is 19.9 Å². The summed E-state index contributed by atoms with van der Waals surface area (Å²) in [6.07, 6.45) is 5.55. The van der Waals surface area contributed by atoms with E-state index in [1.807, 2.05) is 44.1 Å². The first-order valence-electron chi connectivity index (χ1n) is 12.1. The molecule has 0 bridgehead atoms. The molecule has 10 heteroatoms. The Morgan fingerprint density at radius 2 is 1.91 bits per heavy atom. The first kappa shape index (κ1) is 25.0. The molecule has 8 nitrogen and oxygen atoms in total. The summed E-state index contributed by atoms with van der Waals surface area (Å²) in [5.74, 6) is 3.66. The zero-order valence-corrected chi connectivity index (χ0v) is 21.7. The molecule has 1 atom stereocenters. The third kappa shape index (κ3) is 5.94. The van der Waals surface area contributed by atoms with Gasteiger partial charge in [-0.1, -0.05) is 25.4 Å². The third-order valence-corrected chi connectivity index (χ3v) is 7.08. The van der Waals surface area contributed by atoms with Crippen LogP contribution in [0.3, 0.4) is 0 Å². The quantitative estimate of drug-likeness (QED) is 0.385. The molecule has 5 heterocycles. The lowest BCUT2D eigenvalue weighted by Gasteiger charge is -2.34. The van der Waals surface area contributed by atoms with Gasteiger partial charge >= 0.3 is 0 Å². The van der Waals surface area contributed by atoms with Crippen LogP contribution in [0.2, 0.25) is 5.15 Å². The zero-order chi connectivity index (χ0) is 24.1. The number of H-pyrrole nitrogens is 1. The molecule has 1 saturated carbocycles. The molecule has 184 valence electrons. The van der Waals surface area contributed by atoms with E-state index in [0.717, 1.165) is 53.5 Å². The second-order valence-corrected chi connectivity index (χ2v) is 9.88. The van der Waals surface area contributed by atoms with E-state index in [2.05, 4.69) is 32.2 Å². The first-order chi connectivity index (χ1) is 16.6. The van der Waals surface area contributed by atoms with Crippen LogP contribution in [0.5, 0.6) is 0 Å². The minimum atomic E-state index is 0.267. The van der Waals surface area contributed by atoms with Crippen LogP contribution in [-0.4, -0.2) is 64.1 Å². The summed E-state index contributed by atoms with van der Waals surface area (Å²) in [6.45, 7) is 9.40. The number of hydrogen-bond acceptors (Lipinski definition) is 8. The summed E-state index contributed by atoms with van der Waals surface area (Å²) in [7, 11) is 0. The van der Waals surface area contributed by atoms with Crippen LogP contribution in [-0.2, 0) is 4.74 Å². The van der Waals surface area contributed by atoms with Crippen molar-refractivity contribution in [2.75, 3.05) is 41.3 Å². The minimum absolute atomic E-state index is 0.267. The molecule has 0 spiro atoms.